The van der Waals surface area contributed by atoms with E-state index >= 15 is 0 Å². The third kappa shape index (κ3) is 2.87. The Kier molecular flexibility index (Phi) is 4.18. The van der Waals surface area contributed by atoms with Crippen molar-refractivity contribution >= 4 is 62.1 Å². The zero-order valence-corrected chi connectivity index (χ0v) is 14.9. The summed E-state index contributed by atoms with van der Waals surface area (Å²) in [4.78, 5) is 11.8. The van der Waals surface area contributed by atoms with Gasteiger partial charge in [0.1, 0.15) is 10.8 Å². The summed E-state index contributed by atoms with van der Waals surface area (Å²) >= 11 is 15.9. The van der Waals surface area contributed by atoms with Crippen LogP contribution in [0.3, 0.4) is 0 Å². The van der Waals surface area contributed by atoms with E-state index in [4.69, 9.17) is 28.9 Å². The van der Waals surface area contributed by atoms with Crippen molar-refractivity contribution < 1.29 is 4.79 Å². The molecule has 23 heavy (non-hydrogen) atoms. The Bertz CT molecular complexity index is 941. The number of hydrogen-bond donors (Lipinski definition) is 2. The highest BCUT2D eigenvalue weighted by Gasteiger charge is 2.19. The summed E-state index contributed by atoms with van der Waals surface area (Å²) in [6.45, 7) is 1.75. The van der Waals surface area contributed by atoms with Crippen LogP contribution in [-0.2, 0) is 0 Å². The average Bonchev–Trinajstić information content (AvgIpc) is 2.85. The van der Waals surface area contributed by atoms with Gasteiger partial charge in [-0.25, -0.2) is 0 Å². The summed E-state index contributed by atoms with van der Waals surface area (Å²) in [7, 11) is 0. The number of hydrogen-bond acceptors (Lipinski definition) is 4. The van der Waals surface area contributed by atoms with E-state index in [0.717, 1.165) is 4.47 Å². The van der Waals surface area contributed by atoms with Crippen LogP contribution in [0.5, 0.6) is 0 Å². The molecule has 3 rings (SSSR count). The molecule has 3 N–H and O–H groups in total. The number of carbonyl (C=O) groups excluding carboxylic acids is 1. The molecule has 0 aliphatic heterocycles. The van der Waals surface area contributed by atoms with Gasteiger partial charge < -0.3 is 11.1 Å². The number of primary amides is 1. The summed E-state index contributed by atoms with van der Waals surface area (Å²) in [5, 5.41) is 11.7. The van der Waals surface area contributed by atoms with Crippen LogP contribution in [0.4, 0.5) is 11.4 Å². The molecule has 6 nitrogen and oxygen atoms in total. The molecule has 0 spiro atoms. The van der Waals surface area contributed by atoms with Crippen LogP contribution in [-0.4, -0.2) is 20.5 Å². The van der Waals surface area contributed by atoms with Gasteiger partial charge in [0.15, 0.2) is 5.65 Å². The fourth-order valence-corrected chi connectivity index (χ4v) is 3.13. The van der Waals surface area contributed by atoms with Gasteiger partial charge >= 0.3 is 0 Å². The smallest absolute Gasteiger partial charge is 0.252 e. The van der Waals surface area contributed by atoms with E-state index in [2.05, 4.69) is 31.4 Å². The maximum Gasteiger partial charge on any atom is 0.252 e. The fraction of sp³-hybridized carbons (Fsp3) is 0.0714. The molecule has 0 fully saturated rings. The van der Waals surface area contributed by atoms with Gasteiger partial charge in [-0.15, -0.1) is 10.2 Å². The molecular formula is C14H10BrCl2N5O. The predicted octanol–water partition coefficient (Wildman–Crippen LogP) is 3.95. The summed E-state index contributed by atoms with van der Waals surface area (Å²) < 4.78 is 2.44. The van der Waals surface area contributed by atoms with Crippen molar-refractivity contribution in [3.05, 3.63) is 50.3 Å². The number of amides is 1. The van der Waals surface area contributed by atoms with Crippen LogP contribution in [0.25, 0.3) is 5.65 Å². The van der Waals surface area contributed by atoms with Crippen LogP contribution in [0.2, 0.25) is 10.0 Å². The van der Waals surface area contributed by atoms with Gasteiger partial charge in [-0.3, -0.25) is 9.20 Å². The molecular weight excluding hydrogens is 405 g/mol. The Morgan fingerprint density at radius 2 is 2.09 bits per heavy atom. The molecule has 1 amide bonds. The number of aryl methyl sites for hydroxylation is 1. The first-order chi connectivity index (χ1) is 10.9. The van der Waals surface area contributed by atoms with E-state index in [0.29, 0.717) is 27.9 Å². The van der Waals surface area contributed by atoms with Crippen molar-refractivity contribution in [2.24, 2.45) is 5.73 Å². The van der Waals surface area contributed by atoms with E-state index < -0.39 is 5.91 Å². The number of nitrogens with one attached hydrogen (secondary N) is 1. The summed E-state index contributed by atoms with van der Waals surface area (Å²) in [6, 6.07) is 5.29. The summed E-state index contributed by atoms with van der Waals surface area (Å²) in [6.07, 6.45) is 1.55. The molecule has 1 aromatic carbocycles. The lowest BCUT2D eigenvalue weighted by Gasteiger charge is -2.14. The average molecular weight is 415 g/mol. The number of benzene rings is 1. The van der Waals surface area contributed by atoms with Crippen LogP contribution in [0.15, 0.2) is 28.9 Å². The van der Waals surface area contributed by atoms with Crippen LogP contribution in [0, 0.1) is 6.92 Å². The Balaban J connectivity index is 2.21. The quantitative estimate of drug-likeness (QED) is 0.679. The normalized spacial score (nSPS) is 11.0. The summed E-state index contributed by atoms with van der Waals surface area (Å²) in [5.74, 6) is -0.0322. The van der Waals surface area contributed by atoms with Gasteiger partial charge in [0, 0.05) is 10.7 Å². The number of nitrogens with two attached hydrogens (primary N) is 1. The third-order valence-corrected chi connectivity index (χ3v) is 4.43. The van der Waals surface area contributed by atoms with Crippen molar-refractivity contribution in [3.63, 3.8) is 0 Å². The minimum Gasteiger partial charge on any atom is -0.365 e. The van der Waals surface area contributed by atoms with Crippen molar-refractivity contribution in [1.29, 1.82) is 0 Å². The van der Waals surface area contributed by atoms with Gasteiger partial charge in [0.05, 0.1) is 22.0 Å². The summed E-state index contributed by atoms with van der Waals surface area (Å²) in [5.41, 5.74) is 7.03. The first-order valence-electron chi connectivity index (χ1n) is 6.44. The van der Waals surface area contributed by atoms with E-state index in [1.807, 2.05) is 6.07 Å². The second kappa shape index (κ2) is 5.99. The monoisotopic (exact) mass is 413 g/mol. The van der Waals surface area contributed by atoms with Gasteiger partial charge in [-0.2, -0.15) is 0 Å². The molecule has 0 aliphatic rings. The lowest BCUT2D eigenvalue weighted by molar-refractivity contribution is 0.100. The highest BCUT2D eigenvalue weighted by Crippen LogP contribution is 2.35. The minimum atomic E-state index is -0.627. The fourth-order valence-electron chi connectivity index (χ4n) is 2.13. The van der Waals surface area contributed by atoms with Gasteiger partial charge in [0.2, 0.25) is 0 Å². The van der Waals surface area contributed by atoms with Crippen LogP contribution >= 0.6 is 39.1 Å². The van der Waals surface area contributed by atoms with Gasteiger partial charge in [-0.1, -0.05) is 39.1 Å². The molecule has 0 bridgehead atoms. The van der Waals surface area contributed by atoms with Crippen molar-refractivity contribution in [2.45, 2.75) is 6.92 Å². The van der Waals surface area contributed by atoms with Gasteiger partial charge in [0.25, 0.3) is 5.91 Å². The third-order valence-electron chi connectivity index (χ3n) is 3.27. The second-order valence-electron chi connectivity index (χ2n) is 4.79. The van der Waals surface area contributed by atoms with E-state index in [1.54, 1.807) is 29.7 Å². The van der Waals surface area contributed by atoms with Crippen molar-refractivity contribution in [1.82, 2.24) is 14.6 Å². The molecule has 2 heterocycles. The predicted molar refractivity (Wildman–Crippen MR) is 93.7 cm³/mol. The number of halogens is 3. The molecule has 0 saturated heterocycles. The number of fused-ring (bicyclic) bond motifs is 1. The van der Waals surface area contributed by atoms with E-state index in [9.17, 15) is 4.79 Å². The van der Waals surface area contributed by atoms with Crippen molar-refractivity contribution in [3.8, 4) is 0 Å². The Morgan fingerprint density at radius 1 is 1.35 bits per heavy atom. The molecule has 0 aliphatic carbocycles. The van der Waals surface area contributed by atoms with E-state index in [1.165, 1.54) is 0 Å². The standard InChI is InChI=1S/C14H10BrCl2N5O/c1-6-20-21-14-11(17)12(8(13(18)23)5-22(6)14)19-10-3-2-7(15)4-9(10)16/h2-5,19H,1H3,(H2,18,23). The highest BCUT2D eigenvalue weighted by molar-refractivity contribution is 9.10. The number of rotatable bonds is 3. The maximum absolute atomic E-state index is 11.8. The molecule has 0 saturated carbocycles. The topological polar surface area (TPSA) is 85.3 Å². The zero-order chi connectivity index (χ0) is 16.7. The molecule has 3 aromatic rings. The second-order valence-corrected chi connectivity index (χ2v) is 6.49. The number of carbonyl (C=O) groups is 1. The molecule has 118 valence electrons. The minimum absolute atomic E-state index is 0.212. The van der Waals surface area contributed by atoms with Crippen LogP contribution in [0.1, 0.15) is 16.2 Å². The SMILES string of the molecule is Cc1nnc2c(Cl)c(Nc3ccc(Br)cc3Cl)c(C(N)=O)cn12. The maximum atomic E-state index is 11.8. The van der Waals surface area contributed by atoms with Gasteiger partial charge in [-0.05, 0) is 25.1 Å². The highest BCUT2D eigenvalue weighted by atomic mass is 79.9. The number of pyridine rings is 1. The number of aromatic nitrogens is 3. The van der Waals surface area contributed by atoms with Crippen molar-refractivity contribution in [2.75, 3.05) is 5.32 Å². The molecule has 0 radical (unpaired) electrons. The Labute approximate surface area is 149 Å². The molecule has 0 unspecified atom stereocenters. The zero-order valence-electron chi connectivity index (χ0n) is 11.8. The lowest BCUT2D eigenvalue weighted by Crippen LogP contribution is -2.15. The molecule has 9 heteroatoms. The Morgan fingerprint density at radius 3 is 2.74 bits per heavy atom. The largest absolute Gasteiger partial charge is 0.365 e. The first kappa shape index (κ1) is 16.0. The molecule has 0 atom stereocenters. The number of anilines is 2. The lowest BCUT2D eigenvalue weighted by atomic mass is 10.2. The van der Waals surface area contributed by atoms with E-state index in [-0.39, 0.29) is 10.6 Å². The van der Waals surface area contributed by atoms with Crippen LogP contribution < -0.4 is 11.1 Å². The Hall–Kier alpha value is -1.83. The first-order valence-corrected chi connectivity index (χ1v) is 7.99. The molecule has 2 aromatic heterocycles. The number of nitrogens with zero attached hydrogens (tertiary/aromatic N) is 3.